The van der Waals surface area contributed by atoms with Gasteiger partial charge in [-0.15, -0.1) is 11.3 Å². The average molecular weight is 387 g/mol. The van der Waals surface area contributed by atoms with Crippen LogP contribution in [0.5, 0.6) is 0 Å². The van der Waals surface area contributed by atoms with Crippen LogP contribution in [-0.2, 0) is 16.6 Å². The van der Waals surface area contributed by atoms with Crippen LogP contribution < -0.4 is 5.32 Å². The monoisotopic (exact) mass is 386 g/mol. The van der Waals surface area contributed by atoms with Crippen molar-refractivity contribution < 1.29 is 13.2 Å². The van der Waals surface area contributed by atoms with E-state index in [1.165, 1.54) is 31.5 Å². The molecule has 130 valence electrons. The first-order valence-electron chi connectivity index (χ1n) is 7.19. The molecule has 0 aliphatic heterocycles. The summed E-state index contributed by atoms with van der Waals surface area (Å²) in [5.41, 5.74) is 1.72. The molecule has 1 aromatic carbocycles. The van der Waals surface area contributed by atoms with Crippen molar-refractivity contribution in [3.05, 3.63) is 50.2 Å². The molecular weight excluding hydrogens is 368 g/mol. The SMILES string of the molecule is Cc1cc(C(=O)NCc2ccc(Cl)s2)cc(S(=O)(=O)N(C)C)c1C. The van der Waals surface area contributed by atoms with E-state index in [-0.39, 0.29) is 10.8 Å². The zero-order valence-electron chi connectivity index (χ0n) is 13.9. The van der Waals surface area contributed by atoms with Gasteiger partial charge in [-0.05, 0) is 49.2 Å². The molecule has 0 spiro atoms. The number of hydrogen-bond acceptors (Lipinski definition) is 4. The van der Waals surface area contributed by atoms with Crippen molar-refractivity contribution in [1.82, 2.24) is 9.62 Å². The lowest BCUT2D eigenvalue weighted by molar-refractivity contribution is 0.0951. The number of nitrogens with zero attached hydrogens (tertiary/aromatic N) is 1. The predicted octanol–water partition coefficient (Wildman–Crippen LogP) is 3.20. The number of carbonyl (C=O) groups is 1. The highest BCUT2D eigenvalue weighted by Crippen LogP contribution is 2.24. The topological polar surface area (TPSA) is 66.5 Å². The lowest BCUT2D eigenvalue weighted by Gasteiger charge is -2.16. The molecule has 0 fully saturated rings. The summed E-state index contributed by atoms with van der Waals surface area (Å²) in [5.74, 6) is -0.321. The molecule has 0 saturated heterocycles. The van der Waals surface area contributed by atoms with Crippen LogP contribution in [0.3, 0.4) is 0 Å². The molecule has 24 heavy (non-hydrogen) atoms. The highest BCUT2D eigenvalue weighted by Gasteiger charge is 2.22. The van der Waals surface area contributed by atoms with Gasteiger partial charge in [0.15, 0.2) is 0 Å². The Morgan fingerprint density at radius 3 is 2.46 bits per heavy atom. The Bertz CT molecular complexity index is 873. The van der Waals surface area contributed by atoms with Gasteiger partial charge >= 0.3 is 0 Å². The summed E-state index contributed by atoms with van der Waals surface area (Å²) in [6.45, 7) is 3.87. The Hall–Kier alpha value is -1.41. The number of nitrogens with one attached hydrogen (secondary N) is 1. The molecule has 0 radical (unpaired) electrons. The smallest absolute Gasteiger partial charge is 0.251 e. The second-order valence-corrected chi connectivity index (χ2v) is 9.51. The Kier molecular flexibility index (Phi) is 5.70. The maximum absolute atomic E-state index is 12.4. The van der Waals surface area contributed by atoms with Crippen molar-refractivity contribution in [1.29, 1.82) is 0 Å². The number of halogens is 1. The lowest BCUT2D eigenvalue weighted by atomic mass is 10.1. The number of thiophene rings is 1. The van der Waals surface area contributed by atoms with E-state index in [1.54, 1.807) is 26.0 Å². The summed E-state index contributed by atoms with van der Waals surface area (Å²) < 4.78 is 26.7. The molecular formula is C16H19ClN2O3S2. The molecule has 2 aromatic rings. The minimum atomic E-state index is -3.61. The minimum absolute atomic E-state index is 0.150. The summed E-state index contributed by atoms with van der Waals surface area (Å²) in [6, 6.07) is 6.73. The molecule has 8 heteroatoms. The van der Waals surface area contributed by atoms with E-state index in [9.17, 15) is 13.2 Å². The third-order valence-corrected chi connectivity index (χ3v) is 6.86. The van der Waals surface area contributed by atoms with E-state index in [4.69, 9.17) is 11.6 Å². The predicted molar refractivity (Wildman–Crippen MR) is 97.3 cm³/mol. The molecule has 1 amide bonds. The fourth-order valence-electron chi connectivity index (χ4n) is 2.14. The minimum Gasteiger partial charge on any atom is -0.347 e. The number of rotatable bonds is 5. The third-order valence-electron chi connectivity index (χ3n) is 3.69. The Labute approximate surface area is 151 Å². The number of aryl methyl sites for hydroxylation is 1. The van der Waals surface area contributed by atoms with E-state index >= 15 is 0 Å². The van der Waals surface area contributed by atoms with Crippen molar-refractivity contribution >= 4 is 38.9 Å². The summed E-state index contributed by atoms with van der Waals surface area (Å²) in [7, 11) is -0.673. The van der Waals surface area contributed by atoms with Gasteiger partial charge in [0.25, 0.3) is 5.91 Å². The van der Waals surface area contributed by atoms with Crippen molar-refractivity contribution in [2.75, 3.05) is 14.1 Å². The van der Waals surface area contributed by atoms with Crippen molar-refractivity contribution in [2.24, 2.45) is 0 Å². The van der Waals surface area contributed by atoms with Crippen LogP contribution in [0.1, 0.15) is 26.4 Å². The van der Waals surface area contributed by atoms with Gasteiger partial charge in [0.2, 0.25) is 10.0 Å². The Morgan fingerprint density at radius 2 is 1.92 bits per heavy atom. The van der Waals surface area contributed by atoms with Crippen LogP contribution in [0.15, 0.2) is 29.2 Å². The van der Waals surface area contributed by atoms with Crippen LogP contribution in [0.4, 0.5) is 0 Å². The highest BCUT2D eigenvalue weighted by molar-refractivity contribution is 7.89. The van der Waals surface area contributed by atoms with Gasteiger partial charge in [-0.2, -0.15) is 0 Å². The van der Waals surface area contributed by atoms with Crippen molar-refractivity contribution in [3.63, 3.8) is 0 Å². The average Bonchev–Trinajstić information content (AvgIpc) is 2.92. The summed E-state index contributed by atoms with van der Waals surface area (Å²) >= 11 is 7.26. The first kappa shape index (κ1) is 18.9. The Balaban J connectivity index is 2.30. The third kappa shape index (κ3) is 3.97. The standard InChI is InChI=1S/C16H19ClN2O3S2/c1-10-7-12(8-14(11(10)2)24(21,22)19(3)4)16(20)18-9-13-5-6-15(17)23-13/h5-8H,9H2,1-4H3,(H,18,20). The van der Waals surface area contributed by atoms with Gasteiger partial charge in [-0.1, -0.05) is 11.6 Å². The second-order valence-electron chi connectivity index (χ2n) is 5.59. The van der Waals surface area contributed by atoms with Crippen LogP contribution in [0.2, 0.25) is 4.34 Å². The number of benzene rings is 1. The molecule has 0 atom stereocenters. The first-order valence-corrected chi connectivity index (χ1v) is 9.82. The second kappa shape index (κ2) is 7.23. The molecule has 0 bridgehead atoms. The van der Waals surface area contributed by atoms with Gasteiger partial charge < -0.3 is 5.32 Å². The fourth-order valence-corrected chi connectivity index (χ4v) is 4.38. The zero-order chi connectivity index (χ0) is 18.1. The van der Waals surface area contributed by atoms with Crippen LogP contribution in [-0.4, -0.2) is 32.7 Å². The Morgan fingerprint density at radius 1 is 1.25 bits per heavy atom. The fraction of sp³-hybridized carbons (Fsp3) is 0.312. The number of carbonyl (C=O) groups excluding carboxylic acids is 1. The highest BCUT2D eigenvalue weighted by atomic mass is 35.5. The zero-order valence-corrected chi connectivity index (χ0v) is 16.3. The van der Waals surface area contributed by atoms with Gasteiger partial charge in [0, 0.05) is 24.5 Å². The molecule has 1 aromatic heterocycles. The lowest BCUT2D eigenvalue weighted by Crippen LogP contribution is -2.26. The van der Waals surface area contributed by atoms with Crippen molar-refractivity contribution in [3.8, 4) is 0 Å². The quantitative estimate of drug-likeness (QED) is 0.858. The first-order chi connectivity index (χ1) is 11.1. The molecule has 2 rings (SSSR count). The van der Waals surface area contributed by atoms with E-state index in [0.717, 1.165) is 14.7 Å². The largest absolute Gasteiger partial charge is 0.347 e. The normalized spacial score (nSPS) is 11.8. The van der Waals surface area contributed by atoms with Crippen molar-refractivity contribution in [2.45, 2.75) is 25.3 Å². The summed E-state index contributed by atoms with van der Waals surface area (Å²) in [5, 5.41) is 2.79. The van der Waals surface area contributed by atoms with E-state index in [1.807, 2.05) is 6.07 Å². The van der Waals surface area contributed by atoms with Gasteiger partial charge in [-0.25, -0.2) is 12.7 Å². The number of hydrogen-bond donors (Lipinski definition) is 1. The summed E-state index contributed by atoms with van der Waals surface area (Å²) in [4.78, 5) is 13.5. The molecule has 0 aliphatic carbocycles. The molecule has 0 unspecified atom stereocenters. The number of sulfonamides is 1. The number of amides is 1. The van der Waals surface area contributed by atoms with E-state index in [0.29, 0.717) is 22.0 Å². The maximum atomic E-state index is 12.4. The van der Waals surface area contributed by atoms with Gasteiger partial charge in [-0.3, -0.25) is 4.79 Å². The maximum Gasteiger partial charge on any atom is 0.251 e. The summed E-state index contributed by atoms with van der Waals surface area (Å²) in [6.07, 6.45) is 0. The van der Waals surface area contributed by atoms with Crippen LogP contribution >= 0.6 is 22.9 Å². The molecule has 5 nitrogen and oxygen atoms in total. The van der Waals surface area contributed by atoms with Gasteiger partial charge in [0.1, 0.15) is 0 Å². The molecule has 0 saturated carbocycles. The van der Waals surface area contributed by atoms with E-state index < -0.39 is 10.0 Å². The van der Waals surface area contributed by atoms with Crippen LogP contribution in [0.25, 0.3) is 0 Å². The van der Waals surface area contributed by atoms with Gasteiger partial charge in [0.05, 0.1) is 15.8 Å². The molecule has 0 aliphatic rings. The van der Waals surface area contributed by atoms with Crippen LogP contribution in [0, 0.1) is 13.8 Å². The van der Waals surface area contributed by atoms with E-state index in [2.05, 4.69) is 5.32 Å². The molecule has 1 N–H and O–H groups in total. The molecule has 1 heterocycles.